The van der Waals surface area contributed by atoms with Gasteiger partial charge in [-0.05, 0) is 47.2 Å². The number of aromatic nitrogens is 1. The van der Waals surface area contributed by atoms with Gasteiger partial charge in [0.05, 0.1) is 27.7 Å². The van der Waals surface area contributed by atoms with Crippen molar-refractivity contribution in [2.24, 2.45) is 0 Å². The van der Waals surface area contributed by atoms with Crippen LogP contribution in [0.25, 0.3) is 0 Å². The van der Waals surface area contributed by atoms with Crippen LogP contribution in [0.5, 0.6) is 5.75 Å². The summed E-state index contributed by atoms with van der Waals surface area (Å²) in [6, 6.07) is 3.64. The zero-order valence-corrected chi connectivity index (χ0v) is 14.1. The van der Waals surface area contributed by atoms with Gasteiger partial charge in [-0.25, -0.2) is 0 Å². The fourth-order valence-corrected chi connectivity index (χ4v) is 3.70. The fourth-order valence-electron chi connectivity index (χ4n) is 2.32. The summed E-state index contributed by atoms with van der Waals surface area (Å²) in [6.07, 6.45) is 5.53. The number of carbonyl (C=O) groups is 1. The fraction of sp³-hybridized carbons (Fsp3) is 0.333. The van der Waals surface area contributed by atoms with Crippen LogP contribution in [0.1, 0.15) is 40.4 Å². The van der Waals surface area contributed by atoms with Gasteiger partial charge in [-0.3, -0.25) is 4.79 Å². The Kier molecular flexibility index (Phi) is 4.08. The molecule has 0 bridgehead atoms. The first kappa shape index (κ1) is 14.7. The molecule has 0 unspecified atom stereocenters. The van der Waals surface area contributed by atoms with Crippen LogP contribution < -0.4 is 4.74 Å². The second-order valence-electron chi connectivity index (χ2n) is 4.88. The number of hydrogen-bond acceptors (Lipinski definition) is 5. The van der Waals surface area contributed by atoms with Crippen molar-refractivity contribution in [1.82, 2.24) is 5.16 Å². The Hall–Kier alpha value is -1.27. The molecule has 1 aliphatic carbocycles. The van der Waals surface area contributed by atoms with E-state index in [0.717, 1.165) is 27.9 Å². The summed E-state index contributed by atoms with van der Waals surface area (Å²) in [7, 11) is 1.60. The number of ketones is 1. The van der Waals surface area contributed by atoms with Crippen LogP contribution in [-0.4, -0.2) is 24.3 Å². The minimum atomic E-state index is -0.0618. The molecule has 0 radical (unpaired) electrons. The molecular weight excluding hydrogens is 354 g/mol. The Morgan fingerprint density at radius 2 is 2.19 bits per heavy atom. The minimum Gasteiger partial charge on any atom is -0.494 e. The van der Waals surface area contributed by atoms with Crippen molar-refractivity contribution in [2.45, 2.75) is 23.7 Å². The van der Waals surface area contributed by atoms with Crippen molar-refractivity contribution >= 4 is 33.5 Å². The van der Waals surface area contributed by atoms with Gasteiger partial charge in [-0.15, -0.1) is 11.8 Å². The number of hydrogen-bond donors (Lipinski definition) is 0. The molecule has 0 spiro atoms. The Labute approximate surface area is 135 Å². The predicted octanol–water partition coefficient (Wildman–Crippen LogP) is 4.28. The van der Waals surface area contributed by atoms with Crippen LogP contribution in [0.2, 0.25) is 0 Å². The largest absolute Gasteiger partial charge is 0.494 e. The lowest BCUT2D eigenvalue weighted by atomic mass is 10.0. The summed E-state index contributed by atoms with van der Waals surface area (Å²) >= 11 is 4.94. The van der Waals surface area contributed by atoms with E-state index in [0.29, 0.717) is 22.8 Å². The first-order valence-electron chi connectivity index (χ1n) is 6.56. The van der Waals surface area contributed by atoms with Gasteiger partial charge in [0.2, 0.25) is 0 Å². The average molecular weight is 368 g/mol. The molecule has 2 aromatic rings. The lowest BCUT2D eigenvalue weighted by Gasteiger charge is -2.12. The highest BCUT2D eigenvalue weighted by Crippen LogP contribution is 2.43. The Morgan fingerprint density at radius 1 is 1.43 bits per heavy atom. The summed E-state index contributed by atoms with van der Waals surface area (Å²) in [4.78, 5) is 13.7. The molecule has 4 nitrogen and oxygen atoms in total. The molecule has 1 aromatic heterocycles. The molecule has 0 aliphatic heterocycles. The smallest absolute Gasteiger partial charge is 0.199 e. The molecule has 21 heavy (non-hydrogen) atoms. The topological polar surface area (TPSA) is 52.3 Å². The van der Waals surface area contributed by atoms with Gasteiger partial charge in [0, 0.05) is 11.5 Å². The lowest BCUT2D eigenvalue weighted by molar-refractivity contribution is 0.103. The SMILES string of the molecule is COc1c(Br)ccc(C(=O)c2conc2C2CC2)c1SC. The molecule has 110 valence electrons. The number of ether oxygens (including phenoxy) is 1. The molecule has 3 rings (SSSR count). The van der Waals surface area contributed by atoms with E-state index in [9.17, 15) is 4.79 Å². The van der Waals surface area contributed by atoms with Crippen molar-refractivity contribution in [3.63, 3.8) is 0 Å². The molecule has 1 aromatic carbocycles. The third-order valence-electron chi connectivity index (χ3n) is 3.52. The van der Waals surface area contributed by atoms with Crippen molar-refractivity contribution in [1.29, 1.82) is 0 Å². The molecule has 6 heteroatoms. The number of rotatable bonds is 5. The standard InChI is InChI=1S/C15H14BrNO3S/c1-19-14-11(16)6-5-9(15(14)21-2)13(18)10-7-20-17-12(10)8-3-4-8/h5-8H,3-4H2,1-2H3. The summed E-state index contributed by atoms with van der Waals surface area (Å²) < 4.78 is 11.3. The Balaban J connectivity index is 2.07. The highest BCUT2D eigenvalue weighted by atomic mass is 79.9. The maximum absolute atomic E-state index is 12.8. The number of methoxy groups -OCH3 is 1. The van der Waals surface area contributed by atoms with Crippen LogP contribution in [0, 0.1) is 0 Å². The monoisotopic (exact) mass is 367 g/mol. The quantitative estimate of drug-likeness (QED) is 0.583. The van der Waals surface area contributed by atoms with Gasteiger partial charge in [-0.2, -0.15) is 0 Å². The molecule has 0 atom stereocenters. The van der Waals surface area contributed by atoms with E-state index in [-0.39, 0.29) is 5.78 Å². The third kappa shape index (κ3) is 2.62. The molecule has 0 amide bonds. The van der Waals surface area contributed by atoms with Gasteiger partial charge in [0.1, 0.15) is 12.0 Å². The maximum atomic E-state index is 12.8. The third-order valence-corrected chi connectivity index (χ3v) is 4.96. The summed E-state index contributed by atoms with van der Waals surface area (Å²) in [5.74, 6) is 0.990. The van der Waals surface area contributed by atoms with E-state index >= 15 is 0 Å². The molecule has 1 fully saturated rings. The van der Waals surface area contributed by atoms with Crippen LogP contribution in [0.3, 0.4) is 0 Å². The molecule has 1 heterocycles. The first-order valence-corrected chi connectivity index (χ1v) is 8.58. The van der Waals surface area contributed by atoms with E-state index in [1.54, 1.807) is 7.11 Å². The van der Waals surface area contributed by atoms with Gasteiger partial charge in [0.25, 0.3) is 0 Å². The van der Waals surface area contributed by atoms with E-state index in [1.807, 2.05) is 18.4 Å². The summed E-state index contributed by atoms with van der Waals surface area (Å²) in [5.41, 5.74) is 1.97. The van der Waals surface area contributed by atoms with Crippen LogP contribution >= 0.6 is 27.7 Å². The number of carbonyl (C=O) groups excluding carboxylic acids is 1. The maximum Gasteiger partial charge on any atom is 0.199 e. The van der Waals surface area contributed by atoms with E-state index in [1.165, 1.54) is 18.0 Å². The minimum absolute atomic E-state index is 0.0618. The van der Waals surface area contributed by atoms with E-state index < -0.39 is 0 Å². The summed E-state index contributed by atoms with van der Waals surface area (Å²) in [5, 5.41) is 4.00. The highest BCUT2D eigenvalue weighted by molar-refractivity contribution is 9.10. The average Bonchev–Trinajstić information content (AvgIpc) is 3.23. The second kappa shape index (κ2) is 5.85. The lowest BCUT2D eigenvalue weighted by Crippen LogP contribution is -2.06. The summed E-state index contributed by atoms with van der Waals surface area (Å²) in [6.45, 7) is 0. The Morgan fingerprint density at radius 3 is 2.81 bits per heavy atom. The number of halogens is 1. The van der Waals surface area contributed by atoms with Gasteiger partial charge < -0.3 is 9.26 Å². The first-order chi connectivity index (χ1) is 10.2. The predicted molar refractivity (Wildman–Crippen MR) is 84.4 cm³/mol. The van der Waals surface area contributed by atoms with Gasteiger partial charge in [0.15, 0.2) is 5.78 Å². The van der Waals surface area contributed by atoms with Gasteiger partial charge in [-0.1, -0.05) is 5.16 Å². The van der Waals surface area contributed by atoms with Crippen molar-refractivity contribution in [3.8, 4) is 5.75 Å². The number of thioether (sulfide) groups is 1. The molecule has 0 saturated heterocycles. The van der Waals surface area contributed by atoms with E-state index in [2.05, 4.69) is 21.1 Å². The van der Waals surface area contributed by atoms with Crippen LogP contribution in [0.4, 0.5) is 0 Å². The zero-order valence-electron chi connectivity index (χ0n) is 11.7. The molecule has 1 saturated carbocycles. The van der Waals surface area contributed by atoms with Gasteiger partial charge >= 0.3 is 0 Å². The van der Waals surface area contributed by atoms with Crippen LogP contribution in [0.15, 0.2) is 32.3 Å². The van der Waals surface area contributed by atoms with E-state index in [4.69, 9.17) is 9.26 Å². The van der Waals surface area contributed by atoms with Crippen LogP contribution in [-0.2, 0) is 0 Å². The number of benzene rings is 1. The van der Waals surface area contributed by atoms with Crippen molar-refractivity contribution in [2.75, 3.05) is 13.4 Å². The second-order valence-corrected chi connectivity index (χ2v) is 6.55. The van der Waals surface area contributed by atoms with Crippen molar-refractivity contribution in [3.05, 3.63) is 39.7 Å². The zero-order chi connectivity index (χ0) is 15.0. The van der Waals surface area contributed by atoms with Crippen molar-refractivity contribution < 1.29 is 14.1 Å². The molecule has 1 aliphatic rings. The normalized spacial score (nSPS) is 14.2. The number of nitrogens with zero attached hydrogens (tertiary/aromatic N) is 1. The highest BCUT2D eigenvalue weighted by Gasteiger charge is 2.32. The Bertz CT molecular complexity index is 694. The molecular formula is C15H14BrNO3S. The molecule has 0 N–H and O–H groups in total.